The van der Waals surface area contributed by atoms with Crippen molar-refractivity contribution in [3.63, 3.8) is 0 Å². The van der Waals surface area contributed by atoms with E-state index in [1.807, 2.05) is 0 Å². The molecule has 0 fully saturated rings. The quantitative estimate of drug-likeness (QED) is 0.635. The zero-order valence-corrected chi connectivity index (χ0v) is 12.1. The summed E-state index contributed by atoms with van der Waals surface area (Å²) in [6, 6.07) is 6.89. The van der Waals surface area contributed by atoms with Crippen LogP contribution in [0.25, 0.3) is 0 Å². The predicted molar refractivity (Wildman–Crippen MR) is 77.3 cm³/mol. The van der Waals surface area contributed by atoms with Gasteiger partial charge in [0.15, 0.2) is 0 Å². The van der Waals surface area contributed by atoms with Crippen molar-refractivity contribution in [1.29, 1.82) is 0 Å². The van der Waals surface area contributed by atoms with Gasteiger partial charge in [-0.1, -0.05) is 0 Å². The van der Waals surface area contributed by atoms with Crippen molar-refractivity contribution in [3.8, 4) is 0 Å². The maximum absolute atomic E-state index is 13.3. The van der Waals surface area contributed by atoms with Gasteiger partial charge >= 0.3 is 5.97 Å². The highest BCUT2D eigenvalue weighted by molar-refractivity contribution is 7.92. The van der Waals surface area contributed by atoms with Crippen molar-refractivity contribution in [2.75, 3.05) is 4.72 Å². The Morgan fingerprint density at radius 3 is 2.30 bits per heavy atom. The number of carboxylic acid groups (broad SMARTS) is 1. The number of nitrogens with one attached hydrogen (secondary N) is 1. The molecule has 0 atom stereocenters. The smallest absolute Gasteiger partial charge is 0.338 e. The van der Waals surface area contributed by atoms with E-state index < -0.39 is 37.2 Å². The van der Waals surface area contributed by atoms with E-state index in [2.05, 4.69) is 4.72 Å². The third kappa shape index (κ3) is 3.61. The highest BCUT2D eigenvalue weighted by atomic mass is 32.2. The first kappa shape index (κ1) is 16.4. The van der Waals surface area contributed by atoms with Gasteiger partial charge in [0, 0.05) is 17.8 Å². The lowest BCUT2D eigenvalue weighted by molar-refractivity contribution is -0.384. The van der Waals surface area contributed by atoms with Crippen molar-refractivity contribution < 1.29 is 27.6 Å². The van der Waals surface area contributed by atoms with Gasteiger partial charge in [-0.2, -0.15) is 0 Å². The van der Waals surface area contributed by atoms with E-state index in [9.17, 15) is 27.7 Å². The minimum Gasteiger partial charge on any atom is -0.478 e. The standard InChI is InChI=1S/C13H9FN2O6S/c14-12-6-5-10(7-11(12)13(17)18)23(21,22)15-8-1-3-9(4-2-8)16(19)20/h1-7,15H,(H,17,18). The first-order valence-electron chi connectivity index (χ1n) is 6.01. The summed E-state index contributed by atoms with van der Waals surface area (Å²) >= 11 is 0. The molecule has 0 heterocycles. The number of hydrogen-bond donors (Lipinski definition) is 2. The second-order valence-electron chi connectivity index (χ2n) is 4.36. The Kier molecular flexibility index (Phi) is 4.27. The Hall–Kier alpha value is -3.01. The number of aromatic carboxylic acids is 1. The lowest BCUT2D eigenvalue weighted by Gasteiger charge is -2.09. The number of nitrogens with zero attached hydrogens (tertiary/aromatic N) is 1. The molecule has 0 radical (unpaired) electrons. The number of hydrogen-bond acceptors (Lipinski definition) is 5. The molecular formula is C13H9FN2O6S. The number of benzene rings is 2. The number of carbonyl (C=O) groups is 1. The van der Waals surface area contributed by atoms with Crippen LogP contribution in [-0.2, 0) is 10.0 Å². The minimum absolute atomic E-state index is 0.0387. The van der Waals surface area contributed by atoms with Gasteiger partial charge in [-0.25, -0.2) is 17.6 Å². The first-order valence-corrected chi connectivity index (χ1v) is 7.49. The number of nitro groups is 1. The van der Waals surface area contributed by atoms with Gasteiger partial charge in [0.2, 0.25) is 0 Å². The molecule has 0 amide bonds. The molecule has 0 bridgehead atoms. The summed E-state index contributed by atoms with van der Waals surface area (Å²) in [5, 5.41) is 19.3. The summed E-state index contributed by atoms with van der Waals surface area (Å²) in [7, 11) is -4.17. The van der Waals surface area contributed by atoms with Gasteiger partial charge < -0.3 is 5.11 Å². The molecule has 2 N–H and O–H groups in total. The second kappa shape index (κ2) is 6.01. The Morgan fingerprint density at radius 1 is 1.17 bits per heavy atom. The molecule has 0 aliphatic carbocycles. The Balaban J connectivity index is 2.33. The molecule has 0 aromatic heterocycles. The fourth-order valence-electron chi connectivity index (χ4n) is 1.70. The second-order valence-corrected chi connectivity index (χ2v) is 6.04. The molecule has 0 aliphatic rings. The van der Waals surface area contributed by atoms with Gasteiger partial charge in [0.05, 0.1) is 15.4 Å². The number of nitro benzene ring substituents is 1. The Bertz CT molecular complexity index is 880. The molecule has 2 aromatic carbocycles. The number of rotatable bonds is 5. The zero-order chi connectivity index (χ0) is 17.2. The van der Waals surface area contributed by atoms with E-state index in [0.717, 1.165) is 24.3 Å². The van der Waals surface area contributed by atoms with Crippen LogP contribution in [0.2, 0.25) is 0 Å². The average molecular weight is 340 g/mol. The lowest BCUT2D eigenvalue weighted by atomic mass is 10.2. The van der Waals surface area contributed by atoms with Gasteiger partial charge in [-0.15, -0.1) is 0 Å². The maximum Gasteiger partial charge on any atom is 0.338 e. The number of halogens is 1. The van der Waals surface area contributed by atoms with Crippen molar-refractivity contribution in [1.82, 2.24) is 0 Å². The predicted octanol–water partition coefficient (Wildman–Crippen LogP) is 2.23. The third-order valence-electron chi connectivity index (χ3n) is 2.81. The first-order chi connectivity index (χ1) is 10.7. The van der Waals surface area contributed by atoms with Gasteiger partial charge in [-0.3, -0.25) is 14.8 Å². The highest BCUT2D eigenvalue weighted by Gasteiger charge is 2.19. The van der Waals surface area contributed by atoms with Crippen LogP contribution in [-0.4, -0.2) is 24.4 Å². The van der Waals surface area contributed by atoms with E-state index in [1.54, 1.807) is 0 Å². The fraction of sp³-hybridized carbons (Fsp3) is 0. The van der Waals surface area contributed by atoms with Gasteiger partial charge in [-0.05, 0) is 30.3 Å². The molecule has 23 heavy (non-hydrogen) atoms. The zero-order valence-electron chi connectivity index (χ0n) is 11.3. The van der Waals surface area contributed by atoms with Crippen molar-refractivity contribution in [2.24, 2.45) is 0 Å². The van der Waals surface area contributed by atoms with E-state index in [4.69, 9.17) is 5.11 Å². The Morgan fingerprint density at radius 2 is 1.78 bits per heavy atom. The van der Waals surface area contributed by atoms with Gasteiger partial charge in [0.25, 0.3) is 15.7 Å². The summed E-state index contributed by atoms with van der Waals surface area (Å²) in [6.45, 7) is 0. The van der Waals surface area contributed by atoms with Crippen LogP contribution in [0.15, 0.2) is 47.4 Å². The summed E-state index contributed by atoms with van der Waals surface area (Å²) in [4.78, 5) is 20.3. The monoisotopic (exact) mass is 340 g/mol. The normalized spacial score (nSPS) is 11.0. The molecule has 0 saturated heterocycles. The molecule has 10 heteroatoms. The molecule has 120 valence electrons. The topological polar surface area (TPSA) is 127 Å². The van der Waals surface area contributed by atoms with E-state index in [1.165, 1.54) is 12.1 Å². The number of carboxylic acids is 1. The Labute approximate surface area is 129 Å². The summed E-state index contributed by atoms with van der Waals surface area (Å²) in [5.74, 6) is -2.67. The van der Waals surface area contributed by atoms with Crippen molar-refractivity contribution >= 4 is 27.4 Å². The maximum atomic E-state index is 13.3. The van der Waals surface area contributed by atoms with E-state index in [0.29, 0.717) is 6.07 Å². The number of anilines is 1. The SMILES string of the molecule is O=C(O)c1cc(S(=O)(=O)Nc2ccc([N+](=O)[O-])cc2)ccc1F. The summed E-state index contributed by atoms with van der Waals surface area (Å²) in [5.41, 5.74) is -0.962. The molecule has 8 nitrogen and oxygen atoms in total. The molecule has 0 unspecified atom stereocenters. The molecule has 0 aliphatic heterocycles. The van der Waals surface area contributed by atoms with E-state index in [-0.39, 0.29) is 11.4 Å². The molecule has 2 aromatic rings. The van der Waals surface area contributed by atoms with Crippen LogP contribution >= 0.6 is 0 Å². The van der Waals surface area contributed by atoms with E-state index >= 15 is 0 Å². The van der Waals surface area contributed by atoms with Crippen LogP contribution in [0, 0.1) is 15.9 Å². The number of sulfonamides is 1. The summed E-state index contributed by atoms with van der Waals surface area (Å²) < 4.78 is 39.7. The summed E-state index contributed by atoms with van der Waals surface area (Å²) in [6.07, 6.45) is 0. The van der Waals surface area contributed by atoms with Crippen molar-refractivity contribution in [3.05, 3.63) is 64.0 Å². The highest BCUT2D eigenvalue weighted by Crippen LogP contribution is 2.21. The lowest BCUT2D eigenvalue weighted by Crippen LogP contribution is -2.14. The molecule has 0 spiro atoms. The largest absolute Gasteiger partial charge is 0.478 e. The molecule has 2 rings (SSSR count). The van der Waals surface area contributed by atoms with Gasteiger partial charge in [0.1, 0.15) is 5.82 Å². The van der Waals surface area contributed by atoms with Crippen LogP contribution in [0.5, 0.6) is 0 Å². The third-order valence-corrected chi connectivity index (χ3v) is 4.19. The average Bonchev–Trinajstić information content (AvgIpc) is 2.47. The van der Waals surface area contributed by atoms with Crippen LogP contribution in [0.3, 0.4) is 0 Å². The molecule has 0 saturated carbocycles. The minimum atomic E-state index is -4.17. The van der Waals surface area contributed by atoms with Crippen LogP contribution < -0.4 is 4.72 Å². The molecular weight excluding hydrogens is 331 g/mol. The number of non-ortho nitro benzene ring substituents is 1. The van der Waals surface area contributed by atoms with Crippen LogP contribution in [0.4, 0.5) is 15.8 Å². The van der Waals surface area contributed by atoms with Crippen molar-refractivity contribution in [2.45, 2.75) is 4.90 Å². The van der Waals surface area contributed by atoms with Crippen LogP contribution in [0.1, 0.15) is 10.4 Å². The fourth-order valence-corrected chi connectivity index (χ4v) is 2.79.